The van der Waals surface area contributed by atoms with Crippen molar-refractivity contribution >= 4 is 39.0 Å². The lowest BCUT2D eigenvalue weighted by atomic mass is 9.70. The third-order valence-corrected chi connectivity index (χ3v) is 14.7. The summed E-state index contributed by atoms with van der Waals surface area (Å²) in [5, 5.41) is 2.23. The minimum atomic E-state index is -0.414. The van der Waals surface area contributed by atoms with Crippen LogP contribution in [0.4, 0.5) is 17.1 Å². The van der Waals surface area contributed by atoms with Gasteiger partial charge in [0, 0.05) is 33.4 Å². The highest BCUT2D eigenvalue weighted by molar-refractivity contribution is 6.10. The maximum atomic E-state index is 6.57. The van der Waals surface area contributed by atoms with Crippen LogP contribution in [0.25, 0.3) is 88.7 Å². The third kappa shape index (κ3) is 6.06. The number of fused-ring (bicyclic) bond motifs is 13. The van der Waals surface area contributed by atoms with Crippen molar-refractivity contribution in [2.45, 2.75) is 5.41 Å². The summed E-state index contributed by atoms with van der Waals surface area (Å²) in [6.07, 6.45) is 0. The number of hydrogen-bond acceptors (Lipinski definition) is 2. The largest absolute Gasteiger partial charge is 0.455 e. The van der Waals surface area contributed by atoms with E-state index in [1.165, 1.54) is 55.6 Å². The van der Waals surface area contributed by atoms with Crippen LogP contribution in [0.2, 0.25) is 0 Å². The van der Waals surface area contributed by atoms with Gasteiger partial charge in [0.25, 0.3) is 0 Å². The molecule has 0 saturated heterocycles. The van der Waals surface area contributed by atoms with Gasteiger partial charge in [-0.15, -0.1) is 0 Å². The van der Waals surface area contributed by atoms with Crippen molar-refractivity contribution < 1.29 is 4.42 Å². The van der Waals surface area contributed by atoms with Crippen molar-refractivity contribution in [2.75, 3.05) is 4.90 Å². The molecule has 2 heteroatoms. The molecule has 1 heterocycles. The monoisotopic (exact) mass is 877 g/mol. The lowest BCUT2D eigenvalue weighted by Crippen LogP contribution is -2.25. The number of nitrogens with zero attached hydrogens (tertiary/aromatic N) is 1. The van der Waals surface area contributed by atoms with Gasteiger partial charge in [0.15, 0.2) is 0 Å². The molecule has 2 aliphatic carbocycles. The Morgan fingerprint density at radius 1 is 0.261 bits per heavy atom. The highest BCUT2D eigenvalue weighted by atomic mass is 16.3. The van der Waals surface area contributed by atoms with E-state index in [2.05, 4.69) is 266 Å². The highest BCUT2D eigenvalue weighted by Gasteiger charge is 2.51. The molecular weight excluding hydrogens is 835 g/mol. The number of furan rings is 1. The average molecular weight is 878 g/mol. The second kappa shape index (κ2) is 15.6. The fraction of sp³-hybridized carbons (Fsp3) is 0.0149. The summed E-state index contributed by atoms with van der Waals surface area (Å²) in [7, 11) is 0. The second-order valence-electron chi connectivity index (χ2n) is 18.4. The van der Waals surface area contributed by atoms with E-state index in [1.807, 2.05) is 0 Å². The normalized spacial score (nSPS) is 12.8. The topological polar surface area (TPSA) is 16.4 Å². The summed E-state index contributed by atoms with van der Waals surface area (Å²) in [6.45, 7) is 0. The Morgan fingerprint density at radius 3 is 1.35 bits per heavy atom. The van der Waals surface area contributed by atoms with Crippen LogP contribution in [-0.2, 0) is 5.41 Å². The Morgan fingerprint density at radius 2 is 0.739 bits per heavy atom. The molecule has 1 spiro atoms. The Hall–Kier alpha value is -8.98. The van der Waals surface area contributed by atoms with Gasteiger partial charge in [-0.25, -0.2) is 0 Å². The summed E-state index contributed by atoms with van der Waals surface area (Å²) in [5.41, 5.74) is 24.3. The second-order valence-corrected chi connectivity index (χ2v) is 18.4. The first-order valence-electron chi connectivity index (χ1n) is 23.8. The molecule has 1 aromatic heterocycles. The van der Waals surface area contributed by atoms with Crippen molar-refractivity contribution in [3.05, 3.63) is 283 Å². The molecule has 0 atom stereocenters. The predicted molar refractivity (Wildman–Crippen MR) is 286 cm³/mol. The molecule has 322 valence electrons. The van der Waals surface area contributed by atoms with Crippen molar-refractivity contribution in [3.8, 4) is 66.8 Å². The van der Waals surface area contributed by atoms with Crippen LogP contribution in [0.15, 0.2) is 265 Å². The predicted octanol–water partition coefficient (Wildman–Crippen LogP) is 18.1. The van der Waals surface area contributed by atoms with E-state index in [0.717, 1.165) is 72.4 Å². The highest BCUT2D eigenvalue weighted by Crippen LogP contribution is 2.63. The molecule has 2 aliphatic rings. The van der Waals surface area contributed by atoms with Crippen molar-refractivity contribution in [1.82, 2.24) is 0 Å². The molecule has 0 unspecified atom stereocenters. The van der Waals surface area contributed by atoms with E-state index < -0.39 is 5.41 Å². The molecule has 0 saturated carbocycles. The SMILES string of the molecule is c1ccc(-c2cc(-c3ccccc3)cc(N(c3ccc(-c4ccc5oc6c(-c7ccccc7)cccc6c5c4)cc3)c3ccc4c(c3)-c3ccccc3C43c4ccccc4-c4ccccc43)c2)cc1. The quantitative estimate of drug-likeness (QED) is 0.159. The van der Waals surface area contributed by atoms with Crippen LogP contribution in [0.1, 0.15) is 22.3 Å². The Bertz CT molecular complexity index is 3840. The lowest BCUT2D eigenvalue weighted by molar-refractivity contribution is 0.670. The number of benzene rings is 11. The number of anilines is 3. The fourth-order valence-electron chi connectivity index (χ4n) is 11.6. The molecule has 14 rings (SSSR count). The van der Waals surface area contributed by atoms with Gasteiger partial charge in [0.05, 0.1) is 5.41 Å². The summed E-state index contributed by atoms with van der Waals surface area (Å²) >= 11 is 0. The molecule has 12 aromatic rings. The van der Waals surface area contributed by atoms with Crippen LogP contribution >= 0.6 is 0 Å². The van der Waals surface area contributed by atoms with Gasteiger partial charge in [-0.05, 0) is 138 Å². The van der Waals surface area contributed by atoms with Gasteiger partial charge < -0.3 is 9.32 Å². The number of hydrogen-bond donors (Lipinski definition) is 0. The average Bonchev–Trinajstić information content (AvgIpc) is 4.06. The van der Waals surface area contributed by atoms with Gasteiger partial charge in [0.2, 0.25) is 0 Å². The first-order chi connectivity index (χ1) is 34.2. The summed E-state index contributed by atoms with van der Waals surface area (Å²) in [5.74, 6) is 0. The maximum Gasteiger partial charge on any atom is 0.143 e. The molecule has 0 bridgehead atoms. The fourth-order valence-corrected chi connectivity index (χ4v) is 11.6. The number of para-hydroxylation sites is 1. The van der Waals surface area contributed by atoms with E-state index in [4.69, 9.17) is 4.42 Å². The summed E-state index contributed by atoms with van der Waals surface area (Å²) < 4.78 is 6.57. The zero-order valence-electron chi connectivity index (χ0n) is 37.7. The van der Waals surface area contributed by atoms with Crippen LogP contribution in [0, 0.1) is 0 Å². The first-order valence-corrected chi connectivity index (χ1v) is 23.8. The van der Waals surface area contributed by atoms with E-state index in [1.54, 1.807) is 0 Å². The van der Waals surface area contributed by atoms with Gasteiger partial charge >= 0.3 is 0 Å². The van der Waals surface area contributed by atoms with Gasteiger partial charge in [-0.3, -0.25) is 0 Å². The van der Waals surface area contributed by atoms with Crippen LogP contribution in [-0.4, -0.2) is 0 Å². The molecule has 0 aliphatic heterocycles. The standard InChI is InChI=1S/C67H43NO/c1-4-17-44(18-5-1)49-39-50(45-19-6-2-7-20-45)41-53(40-49)68(51-34-31-46(32-35-51)48-33-38-65-60(42-48)58-27-16-26-54(66(58)69-65)47-21-8-3-9-22-47)52-36-37-64-59(43-52)57-25-12-15-30-63(57)67(64)61-28-13-10-23-55(61)56-24-11-14-29-62(56)67/h1-43H. The van der Waals surface area contributed by atoms with Gasteiger partial charge in [0.1, 0.15) is 11.2 Å². The van der Waals surface area contributed by atoms with Crippen LogP contribution in [0.5, 0.6) is 0 Å². The molecule has 69 heavy (non-hydrogen) atoms. The zero-order valence-corrected chi connectivity index (χ0v) is 37.7. The zero-order chi connectivity index (χ0) is 45.5. The first kappa shape index (κ1) is 39.2. The van der Waals surface area contributed by atoms with Crippen LogP contribution in [0.3, 0.4) is 0 Å². The van der Waals surface area contributed by atoms with E-state index in [0.29, 0.717) is 0 Å². The Kier molecular flexibility index (Phi) is 8.84. The van der Waals surface area contributed by atoms with E-state index >= 15 is 0 Å². The molecule has 0 amide bonds. The smallest absolute Gasteiger partial charge is 0.143 e. The van der Waals surface area contributed by atoms with Crippen molar-refractivity contribution in [1.29, 1.82) is 0 Å². The van der Waals surface area contributed by atoms with Crippen LogP contribution < -0.4 is 4.90 Å². The minimum absolute atomic E-state index is 0.414. The van der Waals surface area contributed by atoms with Crippen molar-refractivity contribution in [2.24, 2.45) is 0 Å². The molecule has 0 N–H and O–H groups in total. The maximum absolute atomic E-state index is 6.57. The Labute approximate surface area is 401 Å². The van der Waals surface area contributed by atoms with E-state index in [9.17, 15) is 0 Å². The molecule has 0 fully saturated rings. The van der Waals surface area contributed by atoms with E-state index in [-0.39, 0.29) is 0 Å². The summed E-state index contributed by atoms with van der Waals surface area (Å²) in [4.78, 5) is 2.45. The Balaban J connectivity index is 0.950. The van der Waals surface area contributed by atoms with Crippen molar-refractivity contribution in [3.63, 3.8) is 0 Å². The van der Waals surface area contributed by atoms with Gasteiger partial charge in [-0.2, -0.15) is 0 Å². The molecule has 11 aromatic carbocycles. The third-order valence-electron chi connectivity index (χ3n) is 14.7. The molecule has 0 radical (unpaired) electrons. The van der Waals surface area contributed by atoms with Gasteiger partial charge in [-0.1, -0.05) is 206 Å². The molecular formula is C67H43NO. The summed E-state index contributed by atoms with van der Waals surface area (Å²) in [6, 6.07) is 95.5. The number of rotatable bonds is 7. The lowest BCUT2D eigenvalue weighted by Gasteiger charge is -2.31. The minimum Gasteiger partial charge on any atom is -0.455 e. The molecule has 2 nitrogen and oxygen atoms in total.